The lowest BCUT2D eigenvalue weighted by atomic mass is 10.1. The van der Waals surface area contributed by atoms with Crippen molar-refractivity contribution in [3.8, 4) is 0 Å². The highest BCUT2D eigenvalue weighted by molar-refractivity contribution is 7.94. The number of carbonyl (C=O) groups is 2. The molecular weight excluding hydrogens is 302 g/mol. The third-order valence-electron chi connectivity index (χ3n) is 3.37. The first-order chi connectivity index (χ1) is 9.12. The first-order valence-corrected chi connectivity index (χ1v) is 8.05. The Labute approximate surface area is 120 Å². The number of thiophene rings is 1. The van der Waals surface area contributed by atoms with Crippen LogP contribution in [0.5, 0.6) is 0 Å². The smallest absolute Gasteiger partial charge is 0.275 e. The van der Waals surface area contributed by atoms with Crippen molar-refractivity contribution in [2.24, 2.45) is 5.84 Å². The van der Waals surface area contributed by atoms with E-state index >= 15 is 0 Å². The summed E-state index contributed by atoms with van der Waals surface area (Å²) in [6.07, 6.45) is 0. The quantitative estimate of drug-likeness (QED) is 0.467. The van der Waals surface area contributed by atoms with Crippen molar-refractivity contribution in [3.63, 3.8) is 0 Å². The number of nitrogens with two attached hydrogens (primary N) is 1. The minimum Gasteiger partial charge on any atom is -0.289 e. The van der Waals surface area contributed by atoms with Crippen molar-refractivity contribution in [1.29, 1.82) is 0 Å². The van der Waals surface area contributed by atoms with Crippen molar-refractivity contribution < 1.29 is 18.0 Å². The maximum atomic E-state index is 12.0. The van der Waals surface area contributed by atoms with E-state index in [2.05, 4.69) is 0 Å². The maximum Gasteiger partial charge on any atom is 0.275 e. The van der Waals surface area contributed by atoms with Crippen LogP contribution in [0.4, 0.5) is 0 Å². The summed E-state index contributed by atoms with van der Waals surface area (Å²) in [6, 6.07) is 1.55. The highest BCUT2D eigenvalue weighted by Crippen LogP contribution is 2.37. The van der Waals surface area contributed by atoms with Gasteiger partial charge in [0.25, 0.3) is 21.8 Å². The lowest BCUT2D eigenvalue weighted by Gasteiger charge is -2.43. The normalized spacial score (nSPS) is 19.6. The van der Waals surface area contributed by atoms with Gasteiger partial charge in [0.15, 0.2) is 4.75 Å². The Morgan fingerprint density at radius 2 is 2.10 bits per heavy atom. The Hall–Kier alpha value is -1.45. The van der Waals surface area contributed by atoms with E-state index < -0.39 is 26.6 Å². The summed E-state index contributed by atoms with van der Waals surface area (Å²) >= 11 is 1.20. The van der Waals surface area contributed by atoms with Crippen LogP contribution >= 0.6 is 11.3 Å². The van der Waals surface area contributed by atoms with Gasteiger partial charge in [0.2, 0.25) is 0 Å². The van der Waals surface area contributed by atoms with E-state index in [1.165, 1.54) is 25.2 Å². The minimum absolute atomic E-state index is 0.0508. The van der Waals surface area contributed by atoms with Crippen molar-refractivity contribution in [3.05, 3.63) is 21.4 Å². The predicted molar refractivity (Wildman–Crippen MR) is 74.3 cm³/mol. The summed E-state index contributed by atoms with van der Waals surface area (Å²) in [5, 5.41) is 0. The number of sulfonamides is 1. The average molecular weight is 317 g/mol. The Morgan fingerprint density at radius 1 is 1.50 bits per heavy atom. The van der Waals surface area contributed by atoms with Crippen LogP contribution < -0.4 is 11.3 Å². The van der Waals surface area contributed by atoms with E-state index in [0.717, 1.165) is 9.18 Å². The van der Waals surface area contributed by atoms with Gasteiger partial charge in [-0.25, -0.2) is 18.6 Å². The maximum absolute atomic E-state index is 12.0. The van der Waals surface area contributed by atoms with Crippen LogP contribution in [0.15, 0.2) is 6.07 Å². The number of nitrogens with one attached hydrogen (secondary N) is 1. The minimum atomic E-state index is -3.62. The topological polar surface area (TPSA) is 110 Å². The molecular formula is C11H15N3O4S2. The summed E-state index contributed by atoms with van der Waals surface area (Å²) < 4.78 is 23.5. The molecule has 1 saturated heterocycles. The third-order valence-corrected chi connectivity index (χ3v) is 6.80. The SMILES string of the molecule is Cc1sc(C(=O)NN)cc1CN1C(=O)C(C)(C)S1(=O)=O. The molecule has 1 aliphatic heterocycles. The zero-order chi connectivity index (χ0) is 15.3. The molecule has 1 aromatic rings. The fourth-order valence-corrected chi connectivity index (χ4v) is 4.37. The highest BCUT2D eigenvalue weighted by atomic mass is 32.2. The first kappa shape index (κ1) is 14.9. The fourth-order valence-electron chi connectivity index (χ4n) is 1.93. The van der Waals surface area contributed by atoms with E-state index in [0.29, 0.717) is 10.4 Å². The van der Waals surface area contributed by atoms with Crippen LogP contribution in [0.3, 0.4) is 0 Å². The van der Waals surface area contributed by atoms with Crippen molar-refractivity contribution in [1.82, 2.24) is 9.73 Å². The molecule has 0 aromatic carbocycles. The highest BCUT2D eigenvalue weighted by Gasteiger charge is 2.59. The summed E-state index contributed by atoms with van der Waals surface area (Å²) in [6.45, 7) is 4.48. The standard InChI is InChI=1S/C11H15N3O4S2/c1-6-7(4-8(19-6)9(15)13-12)5-14-10(16)11(2,3)20(14,17)18/h4H,5,12H2,1-3H3,(H,13,15). The molecule has 0 radical (unpaired) electrons. The lowest BCUT2D eigenvalue weighted by Crippen LogP contribution is -2.66. The summed E-state index contributed by atoms with van der Waals surface area (Å²) in [5.41, 5.74) is 2.64. The Morgan fingerprint density at radius 3 is 2.60 bits per heavy atom. The first-order valence-electron chi connectivity index (χ1n) is 5.80. The number of aryl methyl sites for hydroxylation is 1. The molecule has 7 nitrogen and oxygen atoms in total. The summed E-state index contributed by atoms with van der Waals surface area (Å²) in [5.74, 6) is 4.17. The van der Waals surface area contributed by atoms with Gasteiger partial charge in [-0.3, -0.25) is 15.0 Å². The molecule has 0 aliphatic carbocycles. The van der Waals surface area contributed by atoms with E-state index in [-0.39, 0.29) is 6.54 Å². The van der Waals surface area contributed by atoms with Gasteiger partial charge in [0, 0.05) is 4.88 Å². The molecule has 3 N–H and O–H groups in total. The molecule has 9 heteroatoms. The Kier molecular flexibility index (Phi) is 3.39. The molecule has 110 valence electrons. The van der Waals surface area contributed by atoms with Gasteiger partial charge < -0.3 is 0 Å². The van der Waals surface area contributed by atoms with Gasteiger partial charge >= 0.3 is 0 Å². The number of carbonyl (C=O) groups excluding carboxylic acids is 2. The van der Waals surface area contributed by atoms with Gasteiger partial charge in [0.05, 0.1) is 11.4 Å². The summed E-state index contributed by atoms with van der Waals surface area (Å²) in [7, 11) is -3.62. The van der Waals surface area contributed by atoms with Crippen LogP contribution in [-0.2, 0) is 21.4 Å². The van der Waals surface area contributed by atoms with Gasteiger partial charge in [-0.05, 0) is 32.4 Å². The molecule has 1 aromatic heterocycles. The van der Waals surface area contributed by atoms with Gasteiger partial charge in [-0.1, -0.05) is 0 Å². The van der Waals surface area contributed by atoms with Gasteiger partial charge in [-0.2, -0.15) is 0 Å². The van der Waals surface area contributed by atoms with Crippen LogP contribution in [-0.4, -0.2) is 29.3 Å². The van der Waals surface area contributed by atoms with Gasteiger partial charge in [0.1, 0.15) is 0 Å². The second kappa shape index (κ2) is 4.54. The van der Waals surface area contributed by atoms with Crippen molar-refractivity contribution in [2.75, 3.05) is 0 Å². The van der Waals surface area contributed by atoms with E-state index in [1.807, 2.05) is 5.43 Å². The molecule has 2 heterocycles. The zero-order valence-corrected chi connectivity index (χ0v) is 12.9. The van der Waals surface area contributed by atoms with Crippen molar-refractivity contribution in [2.45, 2.75) is 32.1 Å². The van der Waals surface area contributed by atoms with Gasteiger partial charge in [-0.15, -0.1) is 11.3 Å². The Balaban J connectivity index is 2.27. The monoisotopic (exact) mass is 317 g/mol. The number of hydrogen-bond acceptors (Lipinski definition) is 6. The molecule has 2 amide bonds. The second-order valence-electron chi connectivity index (χ2n) is 4.99. The Bertz CT molecular complexity index is 691. The second-order valence-corrected chi connectivity index (χ2v) is 8.66. The molecule has 0 unspecified atom stereocenters. The largest absolute Gasteiger partial charge is 0.289 e. The number of rotatable bonds is 3. The van der Waals surface area contributed by atoms with Crippen LogP contribution in [0.2, 0.25) is 0 Å². The van der Waals surface area contributed by atoms with Crippen LogP contribution in [0.25, 0.3) is 0 Å². The molecule has 20 heavy (non-hydrogen) atoms. The van der Waals surface area contributed by atoms with Crippen LogP contribution in [0.1, 0.15) is 34.0 Å². The molecule has 1 fully saturated rings. The summed E-state index contributed by atoms with van der Waals surface area (Å²) in [4.78, 5) is 24.4. The number of hydrazine groups is 1. The number of hydrogen-bond donors (Lipinski definition) is 2. The molecule has 0 bridgehead atoms. The molecule has 1 aliphatic rings. The molecule has 0 saturated carbocycles. The predicted octanol–water partition coefficient (Wildman–Crippen LogP) is 0.111. The van der Waals surface area contributed by atoms with E-state index in [4.69, 9.17) is 5.84 Å². The number of amides is 2. The molecule has 0 atom stereocenters. The molecule has 2 rings (SSSR count). The average Bonchev–Trinajstić information content (AvgIpc) is 2.75. The number of nitrogens with zero attached hydrogens (tertiary/aromatic N) is 1. The number of nitrogen functional groups attached to an aromatic ring is 1. The lowest BCUT2D eigenvalue weighted by molar-refractivity contribution is -0.132. The van der Waals surface area contributed by atoms with Crippen LogP contribution in [0, 0.1) is 6.92 Å². The van der Waals surface area contributed by atoms with E-state index in [1.54, 1.807) is 13.0 Å². The zero-order valence-electron chi connectivity index (χ0n) is 11.3. The third kappa shape index (κ3) is 1.93. The van der Waals surface area contributed by atoms with E-state index in [9.17, 15) is 18.0 Å². The fraction of sp³-hybridized carbons (Fsp3) is 0.455. The van der Waals surface area contributed by atoms with Crippen molar-refractivity contribution >= 4 is 33.2 Å². The molecule has 0 spiro atoms.